The van der Waals surface area contributed by atoms with Crippen LogP contribution in [0.5, 0.6) is 0 Å². The van der Waals surface area contributed by atoms with Gasteiger partial charge in [0.1, 0.15) is 0 Å². The molecule has 1 heterocycles. The van der Waals surface area contributed by atoms with E-state index in [1.807, 2.05) is 48.5 Å². The van der Waals surface area contributed by atoms with E-state index in [1.54, 1.807) is 36.4 Å². The van der Waals surface area contributed by atoms with Crippen LogP contribution in [-0.2, 0) is 19.1 Å². The van der Waals surface area contributed by atoms with Gasteiger partial charge in [-0.3, -0.25) is 30.0 Å². The van der Waals surface area contributed by atoms with Crippen molar-refractivity contribution in [3.05, 3.63) is 135 Å². The van der Waals surface area contributed by atoms with Gasteiger partial charge in [0.25, 0.3) is 11.8 Å². The summed E-state index contributed by atoms with van der Waals surface area (Å²) in [7, 11) is 0. The number of rotatable bonds is 5. The number of anilines is 1. The normalized spacial score (nSPS) is 20.8. The second-order valence-electron chi connectivity index (χ2n) is 10.9. The van der Waals surface area contributed by atoms with E-state index in [0.717, 1.165) is 26.7 Å². The third kappa shape index (κ3) is 4.49. The first kappa shape index (κ1) is 27.7. The summed E-state index contributed by atoms with van der Waals surface area (Å²) >= 11 is 3.29. The number of nitrogens with zero attached hydrogens (tertiary/aromatic N) is 1. The summed E-state index contributed by atoms with van der Waals surface area (Å²) in [6, 6.07) is 28.6. The van der Waals surface area contributed by atoms with Gasteiger partial charge >= 0.3 is 5.97 Å². The molecule has 0 radical (unpaired) electrons. The molecule has 1 aliphatic heterocycles. The lowest BCUT2D eigenvalue weighted by Crippen LogP contribution is -2.43. The van der Waals surface area contributed by atoms with Crippen LogP contribution in [0.25, 0.3) is 0 Å². The maximum absolute atomic E-state index is 14.0. The van der Waals surface area contributed by atoms with Crippen LogP contribution in [0.3, 0.4) is 0 Å². The standard InChI is InChI=1S/C34H24BrN3O6/c35-20-14-12-18(13-15-20)31(40)37-36-26(39)17-44-34(43)19-6-5-7-21(16-19)38-32(41)29-27-22-8-1-2-9-23(22)28(30(29)33(38)42)25-11-4-3-10-24(25)27/h1-16,27-30H,17H2,(H,36,39)(H,37,40)/t27?,28?,29-,30-/m0/s1. The van der Waals surface area contributed by atoms with Crippen molar-refractivity contribution in [1.29, 1.82) is 0 Å². The number of benzene rings is 4. The number of amides is 4. The van der Waals surface area contributed by atoms with Crippen molar-refractivity contribution in [2.24, 2.45) is 11.8 Å². The number of hydrogen-bond donors (Lipinski definition) is 2. The van der Waals surface area contributed by atoms with Crippen molar-refractivity contribution in [3.63, 3.8) is 0 Å². The molecule has 2 N–H and O–H groups in total. The van der Waals surface area contributed by atoms with Crippen molar-refractivity contribution in [3.8, 4) is 0 Å². The first-order valence-electron chi connectivity index (χ1n) is 14.0. The van der Waals surface area contributed by atoms with Crippen LogP contribution in [0.15, 0.2) is 102 Å². The zero-order valence-corrected chi connectivity index (χ0v) is 24.6. The second-order valence-corrected chi connectivity index (χ2v) is 11.8. The predicted octanol–water partition coefficient (Wildman–Crippen LogP) is 4.46. The predicted molar refractivity (Wildman–Crippen MR) is 163 cm³/mol. The van der Waals surface area contributed by atoms with Crippen LogP contribution in [0.1, 0.15) is 54.8 Å². The fraction of sp³-hybridized carbons (Fsp3) is 0.147. The van der Waals surface area contributed by atoms with Crippen molar-refractivity contribution in [2.45, 2.75) is 11.8 Å². The minimum Gasteiger partial charge on any atom is -0.452 e. The highest BCUT2D eigenvalue weighted by Crippen LogP contribution is 2.61. The van der Waals surface area contributed by atoms with Gasteiger partial charge in [0.15, 0.2) is 6.61 Å². The van der Waals surface area contributed by atoms with Gasteiger partial charge < -0.3 is 4.74 Å². The molecule has 44 heavy (non-hydrogen) atoms. The van der Waals surface area contributed by atoms with Gasteiger partial charge in [-0.1, -0.05) is 70.5 Å². The monoisotopic (exact) mass is 649 g/mol. The Morgan fingerprint density at radius 1 is 0.682 bits per heavy atom. The van der Waals surface area contributed by atoms with Gasteiger partial charge in [0.2, 0.25) is 11.8 Å². The number of hydrogen-bond acceptors (Lipinski definition) is 6. The fourth-order valence-electron chi connectivity index (χ4n) is 6.75. The van der Waals surface area contributed by atoms with Crippen LogP contribution in [0.4, 0.5) is 5.69 Å². The highest BCUT2D eigenvalue weighted by Gasteiger charge is 2.61. The Morgan fingerprint density at radius 3 is 1.77 bits per heavy atom. The number of ether oxygens (including phenoxy) is 1. The lowest BCUT2D eigenvalue weighted by atomic mass is 9.55. The van der Waals surface area contributed by atoms with Gasteiger partial charge in [0, 0.05) is 21.9 Å². The van der Waals surface area contributed by atoms with Gasteiger partial charge in [-0.05, 0) is 64.7 Å². The van der Waals surface area contributed by atoms with E-state index in [0.29, 0.717) is 5.56 Å². The van der Waals surface area contributed by atoms with Crippen LogP contribution in [0.2, 0.25) is 0 Å². The Bertz CT molecular complexity index is 1760. The lowest BCUT2D eigenvalue weighted by Gasteiger charge is -2.45. The van der Waals surface area contributed by atoms with Crippen molar-refractivity contribution in [1.82, 2.24) is 10.9 Å². The van der Waals surface area contributed by atoms with Crippen LogP contribution in [0, 0.1) is 11.8 Å². The summed E-state index contributed by atoms with van der Waals surface area (Å²) in [5.74, 6) is -4.29. The average Bonchev–Trinajstić information content (AvgIpc) is 3.32. The smallest absolute Gasteiger partial charge is 0.338 e. The summed E-state index contributed by atoms with van der Waals surface area (Å²) in [5.41, 5.74) is 9.42. The minimum absolute atomic E-state index is 0.0687. The maximum atomic E-state index is 14.0. The molecule has 0 unspecified atom stereocenters. The van der Waals surface area contributed by atoms with Crippen LogP contribution >= 0.6 is 15.9 Å². The Kier molecular flexibility index (Phi) is 6.85. The summed E-state index contributed by atoms with van der Waals surface area (Å²) < 4.78 is 5.94. The molecule has 218 valence electrons. The molecule has 10 heteroatoms. The molecular weight excluding hydrogens is 626 g/mol. The zero-order chi connectivity index (χ0) is 30.5. The third-order valence-corrected chi connectivity index (χ3v) is 9.07. The molecule has 4 aliphatic rings. The Morgan fingerprint density at radius 2 is 1.23 bits per heavy atom. The summed E-state index contributed by atoms with van der Waals surface area (Å²) in [5, 5.41) is 0. The average molecular weight is 650 g/mol. The molecule has 2 atom stereocenters. The SMILES string of the molecule is O=C(COC(=O)c1cccc(N2C(=O)[C@H]3C4c5ccccc5C(c5ccccc54)[C@@H]3C2=O)c1)NNC(=O)c1ccc(Br)cc1. The Labute approximate surface area is 260 Å². The topological polar surface area (TPSA) is 122 Å². The first-order valence-corrected chi connectivity index (χ1v) is 14.8. The third-order valence-electron chi connectivity index (χ3n) is 8.54. The Balaban J connectivity index is 1.06. The van der Waals surface area contributed by atoms with Gasteiger partial charge in [0.05, 0.1) is 23.1 Å². The van der Waals surface area contributed by atoms with E-state index in [4.69, 9.17) is 4.74 Å². The molecular formula is C34H24BrN3O6. The number of nitrogens with one attached hydrogen (secondary N) is 2. The molecule has 0 aromatic heterocycles. The van der Waals surface area contributed by atoms with E-state index in [-0.39, 0.29) is 34.9 Å². The van der Waals surface area contributed by atoms with E-state index in [2.05, 4.69) is 26.8 Å². The highest BCUT2D eigenvalue weighted by molar-refractivity contribution is 9.10. The molecule has 1 saturated heterocycles. The molecule has 1 fully saturated rings. The Hall–Kier alpha value is -5.09. The largest absolute Gasteiger partial charge is 0.452 e. The van der Waals surface area contributed by atoms with Gasteiger partial charge in [-0.2, -0.15) is 0 Å². The number of imide groups is 1. The molecule has 0 saturated carbocycles. The van der Waals surface area contributed by atoms with Crippen LogP contribution in [-0.4, -0.2) is 36.2 Å². The molecule has 0 spiro atoms. The molecule has 8 rings (SSSR count). The molecule has 4 aromatic carbocycles. The number of halogens is 1. The fourth-order valence-corrected chi connectivity index (χ4v) is 7.02. The zero-order valence-electron chi connectivity index (χ0n) is 23.0. The first-order chi connectivity index (χ1) is 21.3. The quantitative estimate of drug-likeness (QED) is 0.187. The highest BCUT2D eigenvalue weighted by atomic mass is 79.9. The number of esters is 1. The van der Waals surface area contributed by atoms with Crippen molar-refractivity contribution < 1.29 is 28.7 Å². The van der Waals surface area contributed by atoms with Gasteiger partial charge in [-0.15, -0.1) is 0 Å². The van der Waals surface area contributed by atoms with Crippen LogP contribution < -0.4 is 15.8 Å². The van der Waals surface area contributed by atoms with Crippen molar-refractivity contribution in [2.75, 3.05) is 11.5 Å². The molecule has 3 aliphatic carbocycles. The summed E-state index contributed by atoms with van der Waals surface area (Å²) in [6.45, 7) is -0.657. The molecule has 4 aromatic rings. The lowest BCUT2D eigenvalue weighted by molar-refractivity contribution is -0.125. The molecule has 9 nitrogen and oxygen atoms in total. The second kappa shape index (κ2) is 10.9. The maximum Gasteiger partial charge on any atom is 0.338 e. The van der Waals surface area contributed by atoms with Gasteiger partial charge in [-0.25, -0.2) is 9.69 Å². The van der Waals surface area contributed by atoms with E-state index in [9.17, 15) is 24.0 Å². The summed E-state index contributed by atoms with van der Waals surface area (Å²) in [4.78, 5) is 66.5. The van der Waals surface area contributed by atoms with E-state index in [1.165, 1.54) is 17.0 Å². The molecule has 2 bridgehead atoms. The van der Waals surface area contributed by atoms with Crippen molar-refractivity contribution >= 4 is 51.2 Å². The molecule has 4 amide bonds. The van der Waals surface area contributed by atoms with E-state index < -0.39 is 36.2 Å². The number of hydrazine groups is 1. The summed E-state index contributed by atoms with van der Waals surface area (Å²) in [6.07, 6.45) is 0. The number of carbonyl (C=O) groups is 5. The minimum atomic E-state index is -0.822. The number of carbonyl (C=O) groups excluding carboxylic acids is 5. The van der Waals surface area contributed by atoms with E-state index >= 15 is 0 Å².